The summed E-state index contributed by atoms with van der Waals surface area (Å²) >= 11 is 6.08. The van der Waals surface area contributed by atoms with Gasteiger partial charge in [-0.25, -0.2) is 13.1 Å². The number of aryl methyl sites for hydroxylation is 1. The minimum Gasteiger partial charge on any atom is -0.399 e. The number of nitrogens with two attached hydrogens (primary N) is 1. The second kappa shape index (κ2) is 11.7. The SMILES string of the molecule is Cc1cc(S(=O)(=O)NC(=O)c2ccc(N3CCN(Cc4ccccc4-c4ccc(Cl)cc4)CC3)cc2)ccc1N. The van der Waals surface area contributed by atoms with Crippen molar-refractivity contribution in [1.82, 2.24) is 9.62 Å². The van der Waals surface area contributed by atoms with Crippen molar-refractivity contribution in [3.8, 4) is 11.1 Å². The third-order valence-electron chi connectivity index (χ3n) is 7.21. The standard InChI is InChI=1S/C31H31ClN4O3S/c1-22-20-28(14-15-30(22)33)40(38,39)34-31(37)24-8-12-27(13-9-24)36-18-16-35(17-19-36)21-25-4-2-3-5-29(25)23-6-10-26(32)11-7-23/h2-15,20H,16-19,21,33H2,1H3,(H,34,37). The lowest BCUT2D eigenvalue weighted by molar-refractivity contribution is 0.0981. The molecule has 1 aliphatic heterocycles. The molecule has 7 nitrogen and oxygen atoms in total. The van der Waals surface area contributed by atoms with Gasteiger partial charge in [-0.2, -0.15) is 0 Å². The first-order valence-corrected chi connectivity index (χ1v) is 14.9. The molecule has 0 atom stereocenters. The number of carbonyl (C=O) groups excluding carboxylic acids is 1. The number of rotatable bonds is 7. The number of nitrogen functional groups attached to an aromatic ring is 1. The van der Waals surface area contributed by atoms with Gasteiger partial charge in [0, 0.05) is 54.7 Å². The molecule has 40 heavy (non-hydrogen) atoms. The highest BCUT2D eigenvalue weighted by atomic mass is 35.5. The third kappa shape index (κ3) is 6.31. The molecular weight excluding hydrogens is 544 g/mol. The first-order valence-electron chi connectivity index (χ1n) is 13.0. The summed E-state index contributed by atoms with van der Waals surface area (Å²) in [6.45, 7) is 6.06. The number of carbonyl (C=O) groups is 1. The first kappa shape index (κ1) is 27.7. The molecule has 0 unspecified atom stereocenters. The molecule has 4 aromatic carbocycles. The van der Waals surface area contributed by atoms with Crippen molar-refractivity contribution in [3.63, 3.8) is 0 Å². The van der Waals surface area contributed by atoms with Crippen LogP contribution in [0.5, 0.6) is 0 Å². The van der Waals surface area contributed by atoms with Gasteiger partial charge in [0.15, 0.2) is 0 Å². The second-order valence-electron chi connectivity index (χ2n) is 9.93. The van der Waals surface area contributed by atoms with Crippen LogP contribution in [0.3, 0.4) is 0 Å². The highest BCUT2D eigenvalue weighted by Crippen LogP contribution is 2.27. The Morgan fingerprint density at radius 2 is 1.57 bits per heavy atom. The van der Waals surface area contributed by atoms with Gasteiger partial charge in [-0.15, -0.1) is 0 Å². The van der Waals surface area contributed by atoms with E-state index in [4.69, 9.17) is 17.3 Å². The average Bonchev–Trinajstić information content (AvgIpc) is 2.95. The average molecular weight is 575 g/mol. The Morgan fingerprint density at radius 3 is 2.25 bits per heavy atom. The van der Waals surface area contributed by atoms with Gasteiger partial charge in [-0.05, 0) is 83.8 Å². The molecule has 0 radical (unpaired) electrons. The number of nitrogens with one attached hydrogen (secondary N) is 1. The maximum Gasteiger partial charge on any atom is 0.264 e. The summed E-state index contributed by atoms with van der Waals surface area (Å²) in [5.74, 6) is -0.676. The van der Waals surface area contributed by atoms with E-state index in [1.807, 2.05) is 24.3 Å². The number of halogens is 1. The summed E-state index contributed by atoms with van der Waals surface area (Å²) in [4.78, 5) is 17.4. The van der Waals surface area contributed by atoms with Crippen LogP contribution in [0.2, 0.25) is 5.02 Å². The number of benzene rings is 4. The van der Waals surface area contributed by atoms with Crippen LogP contribution in [-0.2, 0) is 16.6 Å². The van der Waals surface area contributed by atoms with Gasteiger partial charge < -0.3 is 10.6 Å². The summed E-state index contributed by atoms with van der Waals surface area (Å²) in [7, 11) is -4.01. The lowest BCUT2D eigenvalue weighted by atomic mass is 9.99. The fraction of sp³-hybridized carbons (Fsp3) is 0.194. The van der Waals surface area contributed by atoms with Crippen LogP contribution in [-0.4, -0.2) is 45.4 Å². The Bertz CT molecular complexity index is 1620. The van der Waals surface area contributed by atoms with E-state index in [1.54, 1.807) is 19.1 Å². The monoisotopic (exact) mass is 574 g/mol. The largest absolute Gasteiger partial charge is 0.399 e. The molecule has 1 heterocycles. The molecule has 1 amide bonds. The molecule has 1 aliphatic rings. The van der Waals surface area contributed by atoms with Crippen molar-refractivity contribution in [2.75, 3.05) is 36.8 Å². The Kier molecular flexibility index (Phi) is 8.12. The highest BCUT2D eigenvalue weighted by molar-refractivity contribution is 7.90. The van der Waals surface area contributed by atoms with Gasteiger partial charge in [0.05, 0.1) is 4.90 Å². The summed E-state index contributed by atoms with van der Waals surface area (Å²) in [5.41, 5.74) is 11.8. The fourth-order valence-corrected chi connectivity index (χ4v) is 6.04. The zero-order valence-corrected chi connectivity index (χ0v) is 23.8. The van der Waals surface area contributed by atoms with E-state index in [2.05, 4.69) is 50.9 Å². The maximum atomic E-state index is 12.7. The van der Waals surface area contributed by atoms with Gasteiger partial charge in [-0.1, -0.05) is 48.0 Å². The molecule has 0 saturated carbocycles. The molecular formula is C31H31ClN4O3S. The minimum absolute atomic E-state index is 0.00201. The molecule has 9 heteroatoms. The summed E-state index contributed by atoms with van der Waals surface area (Å²) in [6.07, 6.45) is 0. The summed E-state index contributed by atoms with van der Waals surface area (Å²) < 4.78 is 27.5. The van der Waals surface area contributed by atoms with Crippen molar-refractivity contribution < 1.29 is 13.2 Å². The third-order valence-corrected chi connectivity index (χ3v) is 8.79. The molecule has 0 aromatic heterocycles. The van der Waals surface area contributed by atoms with Gasteiger partial charge in [0.2, 0.25) is 0 Å². The Hall–Kier alpha value is -3.85. The van der Waals surface area contributed by atoms with Crippen LogP contribution < -0.4 is 15.4 Å². The molecule has 206 valence electrons. The van der Waals surface area contributed by atoms with Crippen LogP contribution in [0.1, 0.15) is 21.5 Å². The Balaban J connectivity index is 1.19. The van der Waals surface area contributed by atoms with Gasteiger partial charge >= 0.3 is 0 Å². The van der Waals surface area contributed by atoms with Gasteiger partial charge in [-0.3, -0.25) is 9.69 Å². The lowest BCUT2D eigenvalue weighted by Gasteiger charge is -2.36. The maximum absolute atomic E-state index is 12.7. The van der Waals surface area contributed by atoms with Crippen molar-refractivity contribution in [2.24, 2.45) is 0 Å². The lowest BCUT2D eigenvalue weighted by Crippen LogP contribution is -2.46. The summed E-state index contributed by atoms with van der Waals surface area (Å²) in [5, 5.41) is 0.726. The minimum atomic E-state index is -4.01. The van der Waals surface area contributed by atoms with E-state index < -0.39 is 15.9 Å². The van der Waals surface area contributed by atoms with Gasteiger partial charge in [0.25, 0.3) is 15.9 Å². The Morgan fingerprint density at radius 1 is 0.900 bits per heavy atom. The summed E-state index contributed by atoms with van der Waals surface area (Å²) in [6, 6.07) is 27.8. The number of hydrogen-bond acceptors (Lipinski definition) is 6. The predicted molar refractivity (Wildman–Crippen MR) is 161 cm³/mol. The normalized spacial score (nSPS) is 14.2. The van der Waals surface area contributed by atoms with Crippen molar-refractivity contribution in [3.05, 3.63) is 113 Å². The zero-order valence-electron chi connectivity index (χ0n) is 22.2. The number of sulfonamides is 1. The molecule has 0 spiro atoms. The van der Waals surface area contributed by atoms with E-state index in [-0.39, 0.29) is 10.5 Å². The fourth-order valence-electron chi connectivity index (χ4n) is 4.85. The molecule has 0 aliphatic carbocycles. The Labute approximate surface area is 240 Å². The van der Waals surface area contributed by atoms with E-state index >= 15 is 0 Å². The van der Waals surface area contributed by atoms with Crippen LogP contribution in [0.15, 0.2) is 95.9 Å². The van der Waals surface area contributed by atoms with E-state index in [0.717, 1.165) is 49.0 Å². The first-order chi connectivity index (χ1) is 19.2. The van der Waals surface area contributed by atoms with Crippen molar-refractivity contribution in [1.29, 1.82) is 0 Å². The van der Waals surface area contributed by atoms with E-state index in [0.29, 0.717) is 11.3 Å². The van der Waals surface area contributed by atoms with Crippen molar-refractivity contribution in [2.45, 2.75) is 18.4 Å². The number of piperazine rings is 1. The van der Waals surface area contributed by atoms with Gasteiger partial charge in [0.1, 0.15) is 0 Å². The molecule has 1 saturated heterocycles. The van der Waals surface area contributed by atoms with E-state index in [9.17, 15) is 13.2 Å². The zero-order chi connectivity index (χ0) is 28.3. The van der Waals surface area contributed by atoms with E-state index in [1.165, 1.54) is 29.3 Å². The molecule has 4 aromatic rings. The number of anilines is 2. The van der Waals surface area contributed by atoms with Crippen molar-refractivity contribution >= 4 is 38.9 Å². The number of hydrogen-bond donors (Lipinski definition) is 2. The van der Waals surface area contributed by atoms with Crippen LogP contribution in [0.25, 0.3) is 11.1 Å². The molecule has 0 bridgehead atoms. The molecule has 5 rings (SSSR count). The topological polar surface area (TPSA) is 95.7 Å². The smallest absolute Gasteiger partial charge is 0.264 e. The number of amides is 1. The molecule has 3 N–H and O–H groups in total. The quantitative estimate of drug-likeness (QED) is 0.289. The van der Waals surface area contributed by atoms with Crippen LogP contribution in [0.4, 0.5) is 11.4 Å². The van der Waals surface area contributed by atoms with Crippen LogP contribution >= 0.6 is 11.6 Å². The second-order valence-corrected chi connectivity index (χ2v) is 12.0. The highest BCUT2D eigenvalue weighted by Gasteiger charge is 2.21. The van der Waals surface area contributed by atoms with Crippen LogP contribution in [0, 0.1) is 6.92 Å². The number of nitrogens with zero attached hydrogens (tertiary/aromatic N) is 2. The molecule has 1 fully saturated rings. The predicted octanol–water partition coefficient (Wildman–Crippen LogP) is 5.34.